The van der Waals surface area contributed by atoms with Gasteiger partial charge in [-0.05, 0) is 18.6 Å². The second-order valence-corrected chi connectivity index (χ2v) is 4.78. The summed E-state index contributed by atoms with van der Waals surface area (Å²) in [6, 6.07) is 4.73. The van der Waals surface area contributed by atoms with Crippen LogP contribution < -0.4 is 5.32 Å². The number of nitrogens with one attached hydrogen (secondary N) is 1. The highest BCUT2D eigenvalue weighted by Crippen LogP contribution is 2.24. The minimum absolute atomic E-state index is 0.113. The fraction of sp³-hybridized carbons (Fsp3) is 0.214. The number of piperidine rings is 1. The van der Waals surface area contributed by atoms with E-state index in [-0.39, 0.29) is 17.9 Å². The average Bonchev–Trinajstić information content (AvgIpc) is 2.46. The van der Waals surface area contributed by atoms with Crippen LogP contribution in [0.3, 0.4) is 0 Å². The highest BCUT2D eigenvalue weighted by Gasteiger charge is 2.30. The monoisotopic (exact) mass is 285 g/mol. The van der Waals surface area contributed by atoms with E-state index >= 15 is 0 Å². The number of imide groups is 1. The summed E-state index contributed by atoms with van der Waals surface area (Å²) in [4.78, 5) is 42.5. The normalized spacial score (nSPS) is 18.6. The Morgan fingerprint density at radius 3 is 2.86 bits per heavy atom. The van der Waals surface area contributed by atoms with E-state index in [1.165, 1.54) is 12.3 Å². The fourth-order valence-electron chi connectivity index (χ4n) is 2.36. The number of carbonyl (C=O) groups is 3. The number of carbonyl (C=O) groups excluding carboxylic acids is 2. The van der Waals surface area contributed by atoms with Gasteiger partial charge in [0, 0.05) is 18.0 Å². The molecule has 0 saturated carbocycles. The van der Waals surface area contributed by atoms with E-state index in [0.29, 0.717) is 23.1 Å². The molecule has 7 nitrogen and oxygen atoms in total. The third-order valence-electron chi connectivity index (χ3n) is 3.43. The molecule has 7 heteroatoms. The van der Waals surface area contributed by atoms with Crippen molar-refractivity contribution in [1.82, 2.24) is 15.3 Å². The molecule has 2 aromatic rings. The third-order valence-corrected chi connectivity index (χ3v) is 3.43. The lowest BCUT2D eigenvalue weighted by molar-refractivity contribution is -0.134. The van der Waals surface area contributed by atoms with E-state index < -0.39 is 17.8 Å². The van der Waals surface area contributed by atoms with Gasteiger partial charge in [0.2, 0.25) is 11.8 Å². The molecule has 106 valence electrons. The quantitative estimate of drug-likeness (QED) is 0.792. The summed E-state index contributed by atoms with van der Waals surface area (Å²) >= 11 is 0. The van der Waals surface area contributed by atoms with Crippen LogP contribution >= 0.6 is 0 Å². The number of aromatic carboxylic acids is 1. The summed E-state index contributed by atoms with van der Waals surface area (Å²) in [5.41, 5.74) is 0.576. The van der Waals surface area contributed by atoms with E-state index in [4.69, 9.17) is 5.11 Å². The number of aromatic nitrogens is 2. The van der Waals surface area contributed by atoms with Crippen molar-refractivity contribution in [1.29, 1.82) is 0 Å². The van der Waals surface area contributed by atoms with Crippen molar-refractivity contribution in [3.05, 3.63) is 35.8 Å². The molecule has 0 radical (unpaired) electrons. The molecule has 1 aliphatic rings. The van der Waals surface area contributed by atoms with E-state index in [0.717, 1.165) is 0 Å². The first-order chi connectivity index (χ1) is 10.1. The molecule has 3 rings (SSSR count). The average molecular weight is 285 g/mol. The Morgan fingerprint density at radius 2 is 2.14 bits per heavy atom. The molecule has 2 heterocycles. The first-order valence-corrected chi connectivity index (χ1v) is 6.39. The van der Waals surface area contributed by atoms with Crippen LogP contribution in [0.4, 0.5) is 0 Å². The number of fused-ring (bicyclic) bond motifs is 1. The van der Waals surface area contributed by atoms with Crippen LogP contribution in [0.15, 0.2) is 24.4 Å². The molecule has 0 spiro atoms. The molecule has 1 aromatic heterocycles. The van der Waals surface area contributed by atoms with E-state index in [1.807, 2.05) is 0 Å². The van der Waals surface area contributed by atoms with E-state index in [1.54, 1.807) is 12.1 Å². The smallest absolute Gasteiger partial charge is 0.336 e. The number of benzene rings is 1. The lowest BCUT2D eigenvalue weighted by Crippen LogP contribution is -2.40. The van der Waals surface area contributed by atoms with Gasteiger partial charge in [-0.2, -0.15) is 0 Å². The number of hydrogen-bond donors (Lipinski definition) is 2. The summed E-state index contributed by atoms with van der Waals surface area (Å²) in [5, 5.41) is 11.8. The van der Waals surface area contributed by atoms with Crippen molar-refractivity contribution < 1.29 is 19.5 Å². The number of rotatable bonds is 2. The van der Waals surface area contributed by atoms with Crippen molar-refractivity contribution >= 4 is 28.7 Å². The molecule has 2 N–H and O–H groups in total. The Balaban J connectivity index is 2.04. The van der Waals surface area contributed by atoms with Gasteiger partial charge in [0.05, 0.1) is 17.0 Å². The predicted octanol–water partition coefficient (Wildman–Crippen LogP) is 0.848. The minimum Gasteiger partial charge on any atom is -0.478 e. The van der Waals surface area contributed by atoms with Crippen LogP contribution in [0.25, 0.3) is 10.9 Å². The zero-order chi connectivity index (χ0) is 15.0. The molecule has 21 heavy (non-hydrogen) atoms. The van der Waals surface area contributed by atoms with Crippen LogP contribution in [-0.2, 0) is 9.59 Å². The summed E-state index contributed by atoms with van der Waals surface area (Å²) in [6.45, 7) is 0. The van der Waals surface area contributed by atoms with Crippen molar-refractivity contribution in [2.24, 2.45) is 0 Å². The Labute approximate surface area is 119 Å². The highest BCUT2D eigenvalue weighted by molar-refractivity contribution is 6.03. The molecular weight excluding hydrogens is 274 g/mol. The topological polar surface area (TPSA) is 109 Å². The Hall–Kier alpha value is -2.83. The lowest BCUT2D eigenvalue weighted by Gasteiger charge is -2.19. The summed E-state index contributed by atoms with van der Waals surface area (Å²) in [7, 11) is 0. The highest BCUT2D eigenvalue weighted by atomic mass is 16.4. The number of nitrogens with zero attached hydrogens (tertiary/aromatic N) is 2. The zero-order valence-electron chi connectivity index (χ0n) is 10.9. The van der Waals surface area contributed by atoms with Crippen molar-refractivity contribution in [3.8, 4) is 0 Å². The van der Waals surface area contributed by atoms with Gasteiger partial charge < -0.3 is 5.11 Å². The maximum Gasteiger partial charge on any atom is 0.336 e. The van der Waals surface area contributed by atoms with Crippen LogP contribution in [0.2, 0.25) is 0 Å². The van der Waals surface area contributed by atoms with Gasteiger partial charge >= 0.3 is 5.97 Å². The first kappa shape index (κ1) is 13.2. The first-order valence-electron chi connectivity index (χ1n) is 6.39. The molecule has 1 saturated heterocycles. The minimum atomic E-state index is -1.06. The van der Waals surface area contributed by atoms with Crippen LogP contribution in [0.5, 0.6) is 0 Å². The molecule has 2 amide bonds. The summed E-state index contributed by atoms with van der Waals surface area (Å²) < 4.78 is 0. The lowest BCUT2D eigenvalue weighted by atomic mass is 9.97. The fourth-order valence-corrected chi connectivity index (χ4v) is 2.36. The number of amides is 2. The van der Waals surface area contributed by atoms with Gasteiger partial charge in [0.25, 0.3) is 0 Å². The van der Waals surface area contributed by atoms with Gasteiger partial charge in [-0.25, -0.2) is 14.8 Å². The molecule has 1 unspecified atom stereocenters. The predicted molar refractivity (Wildman–Crippen MR) is 71.6 cm³/mol. The van der Waals surface area contributed by atoms with Crippen LogP contribution in [0.1, 0.15) is 34.9 Å². The van der Waals surface area contributed by atoms with Gasteiger partial charge in [-0.1, -0.05) is 6.07 Å². The van der Waals surface area contributed by atoms with Crippen molar-refractivity contribution in [2.45, 2.75) is 18.8 Å². The molecule has 1 aromatic carbocycles. The molecule has 1 fully saturated rings. The molecular formula is C14H11N3O4. The zero-order valence-corrected chi connectivity index (χ0v) is 10.9. The van der Waals surface area contributed by atoms with Crippen molar-refractivity contribution in [3.63, 3.8) is 0 Å². The van der Waals surface area contributed by atoms with E-state index in [9.17, 15) is 14.4 Å². The largest absolute Gasteiger partial charge is 0.478 e. The summed E-state index contributed by atoms with van der Waals surface area (Å²) in [6.07, 6.45) is 2.01. The standard InChI is InChI=1S/C14H11N3O4/c18-11-5-4-8(13(19)17-11)12-15-6-9-7(14(20)21)2-1-3-10(9)16-12/h1-3,6,8H,4-5H2,(H,20,21)(H,17,18,19). The number of carboxylic acids is 1. The van der Waals surface area contributed by atoms with Gasteiger partial charge in [0.15, 0.2) is 0 Å². The molecule has 1 aliphatic heterocycles. The Bertz CT molecular complexity index is 772. The van der Waals surface area contributed by atoms with Crippen LogP contribution in [0, 0.1) is 0 Å². The second-order valence-electron chi connectivity index (χ2n) is 4.78. The number of hydrogen-bond acceptors (Lipinski definition) is 5. The summed E-state index contributed by atoms with van der Waals surface area (Å²) in [5.74, 6) is -2.06. The SMILES string of the molecule is O=C1CCC(c2ncc3c(C(=O)O)cccc3n2)C(=O)N1. The molecule has 1 atom stereocenters. The third kappa shape index (κ3) is 2.33. The molecule has 0 bridgehead atoms. The maximum absolute atomic E-state index is 11.8. The van der Waals surface area contributed by atoms with Gasteiger partial charge in [-0.3, -0.25) is 14.9 Å². The Kier molecular flexibility index (Phi) is 3.09. The maximum atomic E-state index is 11.8. The van der Waals surface area contributed by atoms with Crippen LogP contribution in [-0.4, -0.2) is 32.9 Å². The van der Waals surface area contributed by atoms with Gasteiger partial charge in [0.1, 0.15) is 5.82 Å². The van der Waals surface area contributed by atoms with Crippen molar-refractivity contribution in [2.75, 3.05) is 0 Å². The molecule has 0 aliphatic carbocycles. The van der Waals surface area contributed by atoms with E-state index in [2.05, 4.69) is 15.3 Å². The number of carboxylic acid groups (broad SMARTS) is 1. The Morgan fingerprint density at radius 1 is 1.33 bits per heavy atom. The second kappa shape index (κ2) is 4.93. The van der Waals surface area contributed by atoms with Gasteiger partial charge in [-0.15, -0.1) is 0 Å².